The predicted molar refractivity (Wildman–Crippen MR) is 123 cm³/mol. The van der Waals surface area contributed by atoms with E-state index in [2.05, 4.69) is 4.74 Å². The molecule has 0 saturated heterocycles. The van der Waals surface area contributed by atoms with E-state index in [4.69, 9.17) is 4.74 Å². The summed E-state index contributed by atoms with van der Waals surface area (Å²) in [4.78, 5) is 73.3. The van der Waals surface area contributed by atoms with E-state index in [0.29, 0.717) is 0 Å². The van der Waals surface area contributed by atoms with Gasteiger partial charge < -0.3 is 9.47 Å². The average Bonchev–Trinajstić information content (AvgIpc) is 3.15. The van der Waals surface area contributed by atoms with Crippen molar-refractivity contribution < 1.29 is 38.4 Å². The second kappa shape index (κ2) is 9.58. The molecule has 0 aromatic heterocycles. The first kappa shape index (κ1) is 24.0. The van der Waals surface area contributed by atoms with Gasteiger partial charge in [0.25, 0.3) is 17.5 Å². The van der Waals surface area contributed by atoms with Gasteiger partial charge in [0.2, 0.25) is 5.78 Å². The van der Waals surface area contributed by atoms with Crippen molar-refractivity contribution in [3.8, 4) is 0 Å². The van der Waals surface area contributed by atoms with Gasteiger partial charge in [-0.2, -0.15) is 0 Å². The second-order valence-electron chi connectivity index (χ2n) is 7.55. The molecule has 0 N–H and O–H groups in total. The van der Waals surface area contributed by atoms with E-state index in [1.54, 1.807) is 0 Å². The molecular weight excluding hydrogens is 472 g/mol. The number of amides is 2. The summed E-state index contributed by atoms with van der Waals surface area (Å²) in [6.07, 6.45) is 0. The largest absolute Gasteiger partial charge is 0.465 e. The number of imide groups is 1. The molecule has 0 fully saturated rings. The molecule has 2 amide bonds. The summed E-state index contributed by atoms with van der Waals surface area (Å²) in [6.45, 7) is -0.678. The Labute approximate surface area is 203 Å². The van der Waals surface area contributed by atoms with Crippen molar-refractivity contribution in [2.75, 3.05) is 18.6 Å². The van der Waals surface area contributed by atoms with Crippen LogP contribution in [0.2, 0.25) is 0 Å². The zero-order chi connectivity index (χ0) is 26.0. The third-order valence-electron chi connectivity index (χ3n) is 5.38. The standard InChI is InChI=1S/C25H16N2O9/c1-35-24(31)14-5-8-17(9-6-14)26-22(29)19-10-7-16(12-20(19)23(26)30)25(32)36-13-21(28)15-3-2-4-18(11-15)27(33)34/h2-12H,13H2,1H3. The van der Waals surface area contributed by atoms with Crippen LogP contribution in [0, 0.1) is 10.1 Å². The van der Waals surface area contributed by atoms with Crippen molar-refractivity contribution in [1.82, 2.24) is 0 Å². The van der Waals surface area contributed by atoms with Gasteiger partial charge in [0.05, 0.1) is 40.0 Å². The summed E-state index contributed by atoms with van der Waals surface area (Å²) in [7, 11) is 1.23. The quantitative estimate of drug-likeness (QED) is 0.160. The summed E-state index contributed by atoms with van der Waals surface area (Å²) in [5, 5.41) is 10.9. The number of nitro groups is 1. The molecule has 0 atom stereocenters. The molecule has 0 bridgehead atoms. The van der Waals surface area contributed by atoms with E-state index in [1.807, 2.05) is 0 Å². The first-order valence-corrected chi connectivity index (χ1v) is 10.4. The molecular formula is C25H16N2O9. The number of esters is 2. The van der Waals surface area contributed by atoms with Crippen LogP contribution in [0.1, 0.15) is 51.8 Å². The van der Waals surface area contributed by atoms with Gasteiger partial charge in [-0.05, 0) is 42.5 Å². The number of methoxy groups -OCH3 is 1. The number of nitrogens with zero attached hydrogens (tertiary/aromatic N) is 2. The minimum atomic E-state index is -0.919. The molecule has 0 radical (unpaired) electrons. The van der Waals surface area contributed by atoms with E-state index < -0.39 is 41.1 Å². The number of carbonyl (C=O) groups is 5. The monoisotopic (exact) mass is 488 g/mol. The number of carbonyl (C=O) groups excluding carboxylic acids is 5. The zero-order valence-corrected chi connectivity index (χ0v) is 18.6. The molecule has 11 nitrogen and oxygen atoms in total. The molecule has 11 heteroatoms. The van der Waals surface area contributed by atoms with Gasteiger partial charge in [-0.25, -0.2) is 14.5 Å². The molecule has 36 heavy (non-hydrogen) atoms. The van der Waals surface area contributed by atoms with Crippen molar-refractivity contribution in [2.45, 2.75) is 0 Å². The zero-order valence-electron chi connectivity index (χ0n) is 18.6. The van der Waals surface area contributed by atoms with E-state index in [0.717, 1.165) is 11.0 Å². The highest BCUT2D eigenvalue weighted by molar-refractivity contribution is 6.34. The number of ether oxygens (including phenoxy) is 2. The molecule has 1 heterocycles. The average molecular weight is 488 g/mol. The highest BCUT2D eigenvalue weighted by Gasteiger charge is 2.37. The number of fused-ring (bicyclic) bond motifs is 1. The van der Waals surface area contributed by atoms with E-state index >= 15 is 0 Å². The molecule has 0 saturated carbocycles. The van der Waals surface area contributed by atoms with Gasteiger partial charge >= 0.3 is 11.9 Å². The van der Waals surface area contributed by atoms with Gasteiger partial charge in [0.15, 0.2) is 6.61 Å². The number of Topliss-reactive ketones (excluding diaryl/α,β-unsaturated/α-hetero) is 1. The lowest BCUT2D eigenvalue weighted by atomic mass is 10.1. The number of hydrogen-bond acceptors (Lipinski definition) is 9. The Kier molecular flexibility index (Phi) is 6.38. The van der Waals surface area contributed by atoms with Crippen LogP contribution in [0.4, 0.5) is 11.4 Å². The maximum absolute atomic E-state index is 12.9. The Hall–Kier alpha value is -5.19. The van der Waals surface area contributed by atoms with Crippen LogP contribution < -0.4 is 4.90 Å². The molecule has 3 aromatic carbocycles. The lowest BCUT2D eigenvalue weighted by Gasteiger charge is -2.14. The number of rotatable bonds is 7. The SMILES string of the molecule is COC(=O)c1ccc(N2C(=O)c3ccc(C(=O)OCC(=O)c4cccc([N+](=O)[O-])c4)cc3C2=O)cc1. The highest BCUT2D eigenvalue weighted by atomic mass is 16.6. The number of non-ortho nitro benzene ring substituents is 1. The van der Waals surface area contributed by atoms with E-state index in [9.17, 15) is 34.1 Å². The summed E-state index contributed by atoms with van der Waals surface area (Å²) in [5.41, 5.74) is 0.157. The van der Waals surface area contributed by atoms with Crippen LogP contribution in [-0.2, 0) is 9.47 Å². The van der Waals surface area contributed by atoms with Crippen molar-refractivity contribution in [2.24, 2.45) is 0 Å². The molecule has 0 aliphatic carbocycles. The number of nitro benzene ring substituents is 1. The first-order chi connectivity index (χ1) is 17.2. The molecule has 180 valence electrons. The van der Waals surface area contributed by atoms with Crippen molar-refractivity contribution in [1.29, 1.82) is 0 Å². The highest BCUT2D eigenvalue weighted by Crippen LogP contribution is 2.29. The lowest BCUT2D eigenvalue weighted by molar-refractivity contribution is -0.384. The lowest BCUT2D eigenvalue weighted by Crippen LogP contribution is -2.29. The molecule has 0 unspecified atom stereocenters. The van der Waals surface area contributed by atoms with Gasteiger partial charge in [0.1, 0.15) is 0 Å². The molecule has 1 aliphatic rings. The van der Waals surface area contributed by atoms with Crippen LogP contribution in [-0.4, -0.2) is 48.2 Å². The van der Waals surface area contributed by atoms with Crippen molar-refractivity contribution in [3.63, 3.8) is 0 Å². The van der Waals surface area contributed by atoms with Gasteiger partial charge in [0, 0.05) is 17.7 Å². The molecule has 0 spiro atoms. The Morgan fingerprint density at radius 2 is 1.50 bits per heavy atom. The normalized spacial score (nSPS) is 12.2. The first-order valence-electron chi connectivity index (χ1n) is 10.4. The molecule has 4 rings (SSSR count). The van der Waals surface area contributed by atoms with Gasteiger partial charge in [-0.3, -0.25) is 24.5 Å². The number of ketones is 1. The summed E-state index contributed by atoms with van der Waals surface area (Å²) in [6, 6.07) is 14.4. The number of hydrogen-bond donors (Lipinski definition) is 0. The molecule has 1 aliphatic heterocycles. The Morgan fingerprint density at radius 1 is 0.833 bits per heavy atom. The topological polar surface area (TPSA) is 150 Å². The fourth-order valence-electron chi connectivity index (χ4n) is 3.56. The minimum Gasteiger partial charge on any atom is -0.465 e. The van der Waals surface area contributed by atoms with Gasteiger partial charge in [-0.15, -0.1) is 0 Å². The van der Waals surface area contributed by atoms with Crippen molar-refractivity contribution >= 4 is 40.9 Å². The summed E-state index contributed by atoms with van der Waals surface area (Å²) in [5.74, 6) is -3.43. The summed E-state index contributed by atoms with van der Waals surface area (Å²) < 4.78 is 9.64. The molecule has 3 aromatic rings. The third-order valence-corrected chi connectivity index (χ3v) is 5.38. The fraction of sp³-hybridized carbons (Fsp3) is 0.0800. The van der Waals surface area contributed by atoms with E-state index in [-0.39, 0.29) is 39.2 Å². The van der Waals surface area contributed by atoms with Crippen LogP contribution in [0.3, 0.4) is 0 Å². The maximum atomic E-state index is 12.9. The van der Waals surface area contributed by atoms with Crippen LogP contribution in [0.5, 0.6) is 0 Å². The maximum Gasteiger partial charge on any atom is 0.338 e. The van der Waals surface area contributed by atoms with Crippen LogP contribution >= 0.6 is 0 Å². The van der Waals surface area contributed by atoms with Crippen LogP contribution in [0.25, 0.3) is 0 Å². The number of benzene rings is 3. The van der Waals surface area contributed by atoms with E-state index in [1.165, 1.54) is 67.8 Å². The minimum absolute atomic E-state index is 0.000544. The second-order valence-corrected chi connectivity index (χ2v) is 7.55. The fourth-order valence-corrected chi connectivity index (χ4v) is 3.56. The summed E-state index contributed by atoms with van der Waals surface area (Å²) >= 11 is 0. The van der Waals surface area contributed by atoms with Gasteiger partial charge in [-0.1, -0.05) is 12.1 Å². The third kappa shape index (κ3) is 4.44. The Balaban J connectivity index is 1.48. The van der Waals surface area contributed by atoms with Crippen LogP contribution in [0.15, 0.2) is 66.7 Å². The predicted octanol–water partition coefficient (Wildman–Crippen LogP) is 3.22. The smallest absolute Gasteiger partial charge is 0.338 e. The number of anilines is 1. The Morgan fingerprint density at radius 3 is 2.17 bits per heavy atom. The van der Waals surface area contributed by atoms with Crippen molar-refractivity contribution in [3.05, 3.63) is 105 Å². The Bertz CT molecular complexity index is 1440.